The first kappa shape index (κ1) is 18.0. The fourth-order valence-electron chi connectivity index (χ4n) is 4.49. The summed E-state index contributed by atoms with van der Waals surface area (Å²) in [4.78, 5) is 27.7. The van der Waals surface area contributed by atoms with Crippen LogP contribution in [0.2, 0.25) is 0 Å². The lowest BCUT2D eigenvalue weighted by Crippen LogP contribution is -2.40. The van der Waals surface area contributed by atoms with Crippen LogP contribution in [-0.2, 0) is 19.1 Å². The number of methoxy groups -OCH3 is 1. The molecule has 0 radical (unpaired) electrons. The van der Waals surface area contributed by atoms with E-state index in [1.807, 2.05) is 55.2 Å². The summed E-state index contributed by atoms with van der Waals surface area (Å²) in [5.41, 5.74) is 0.308. The van der Waals surface area contributed by atoms with E-state index >= 15 is 0 Å². The Hall–Kier alpha value is -2.34. The van der Waals surface area contributed by atoms with E-state index in [1.165, 1.54) is 0 Å². The monoisotopic (exact) mass is 371 g/mol. The van der Waals surface area contributed by atoms with Gasteiger partial charge in [0, 0.05) is 0 Å². The van der Waals surface area contributed by atoms with Gasteiger partial charge in [0.1, 0.15) is 17.3 Å². The Morgan fingerprint density at radius 3 is 2.78 bits per heavy atom. The topological polar surface area (TPSA) is 65.1 Å². The van der Waals surface area contributed by atoms with Crippen molar-refractivity contribution in [3.05, 3.63) is 42.0 Å². The highest BCUT2D eigenvalue weighted by molar-refractivity contribution is 5.91. The second-order valence-corrected chi connectivity index (χ2v) is 7.48. The van der Waals surface area contributed by atoms with Crippen molar-refractivity contribution in [3.63, 3.8) is 0 Å². The van der Waals surface area contributed by atoms with Gasteiger partial charge in [-0.2, -0.15) is 0 Å². The summed E-state index contributed by atoms with van der Waals surface area (Å²) < 4.78 is 16.7. The number of rotatable bonds is 6. The van der Waals surface area contributed by atoms with Gasteiger partial charge >= 0.3 is 5.97 Å². The van der Waals surface area contributed by atoms with E-state index in [0.29, 0.717) is 13.2 Å². The summed E-state index contributed by atoms with van der Waals surface area (Å²) in [6.45, 7) is 4.77. The molecule has 2 bridgehead atoms. The fraction of sp³-hybridized carbons (Fsp3) is 0.524. The average Bonchev–Trinajstić information content (AvgIpc) is 3.34. The second-order valence-electron chi connectivity index (χ2n) is 7.48. The van der Waals surface area contributed by atoms with E-state index in [-0.39, 0.29) is 24.0 Å². The standard InChI is InChI=1S/C21H25NO5/c1-4-11-26-20(24)17-16-9-10-21(27-16)12-22(19(23)18(17)21)13(2)14-5-7-15(25-3)8-6-14/h5-10,13,16-18H,4,11-12H2,1-3H3/t13-,16-,17-,18+,21-/m1/s1. The number of amides is 1. The van der Waals surface area contributed by atoms with Gasteiger partial charge in [-0.25, -0.2) is 0 Å². The largest absolute Gasteiger partial charge is 0.497 e. The molecule has 0 aromatic heterocycles. The second kappa shape index (κ2) is 6.68. The Bertz CT molecular complexity index is 773. The Morgan fingerprint density at radius 2 is 2.11 bits per heavy atom. The molecule has 2 saturated heterocycles. The minimum atomic E-state index is -0.710. The van der Waals surface area contributed by atoms with E-state index < -0.39 is 17.4 Å². The normalized spacial score (nSPS) is 31.9. The van der Waals surface area contributed by atoms with Crippen LogP contribution in [0.1, 0.15) is 31.9 Å². The number of carbonyl (C=O) groups is 2. The highest BCUT2D eigenvalue weighted by atomic mass is 16.6. The van der Waals surface area contributed by atoms with Crippen molar-refractivity contribution >= 4 is 11.9 Å². The third kappa shape index (κ3) is 2.74. The summed E-state index contributed by atoms with van der Waals surface area (Å²) >= 11 is 0. The minimum Gasteiger partial charge on any atom is -0.497 e. The van der Waals surface area contributed by atoms with Gasteiger partial charge in [0.05, 0.1) is 38.3 Å². The molecule has 0 N–H and O–H groups in total. The van der Waals surface area contributed by atoms with Crippen LogP contribution in [0.3, 0.4) is 0 Å². The van der Waals surface area contributed by atoms with Crippen LogP contribution in [0.15, 0.2) is 36.4 Å². The molecular formula is C21H25NO5. The van der Waals surface area contributed by atoms with Crippen molar-refractivity contribution in [1.29, 1.82) is 0 Å². The summed E-state index contributed by atoms with van der Waals surface area (Å²) in [6.07, 6.45) is 4.26. The highest BCUT2D eigenvalue weighted by Gasteiger charge is 2.67. The molecule has 1 aromatic carbocycles. The number of fused-ring (bicyclic) bond motifs is 1. The van der Waals surface area contributed by atoms with Crippen molar-refractivity contribution in [3.8, 4) is 5.75 Å². The van der Waals surface area contributed by atoms with Crippen molar-refractivity contribution in [1.82, 2.24) is 4.90 Å². The Kier molecular flexibility index (Phi) is 4.46. The van der Waals surface area contributed by atoms with Crippen LogP contribution in [0, 0.1) is 11.8 Å². The molecule has 2 fully saturated rings. The molecule has 0 unspecified atom stereocenters. The van der Waals surface area contributed by atoms with Crippen LogP contribution in [0.5, 0.6) is 5.75 Å². The van der Waals surface area contributed by atoms with Gasteiger partial charge in [0.25, 0.3) is 0 Å². The van der Waals surface area contributed by atoms with Crippen molar-refractivity contribution < 1.29 is 23.8 Å². The maximum absolute atomic E-state index is 13.3. The molecule has 6 heteroatoms. The van der Waals surface area contributed by atoms with E-state index in [0.717, 1.165) is 17.7 Å². The summed E-state index contributed by atoms with van der Waals surface area (Å²) in [6, 6.07) is 7.58. The van der Waals surface area contributed by atoms with Gasteiger partial charge < -0.3 is 19.1 Å². The zero-order valence-electron chi connectivity index (χ0n) is 15.9. The molecule has 0 saturated carbocycles. The predicted octanol–water partition coefficient (Wildman–Crippen LogP) is 2.49. The highest BCUT2D eigenvalue weighted by Crippen LogP contribution is 2.53. The third-order valence-electron chi connectivity index (χ3n) is 5.92. The molecule has 27 heavy (non-hydrogen) atoms. The number of benzene rings is 1. The van der Waals surface area contributed by atoms with E-state index in [4.69, 9.17) is 14.2 Å². The molecule has 5 atom stereocenters. The molecule has 144 valence electrons. The Labute approximate surface area is 159 Å². The van der Waals surface area contributed by atoms with Crippen LogP contribution in [0.4, 0.5) is 0 Å². The lowest BCUT2D eigenvalue weighted by molar-refractivity contribution is -0.154. The lowest BCUT2D eigenvalue weighted by Gasteiger charge is -2.27. The van der Waals surface area contributed by atoms with E-state index in [2.05, 4.69) is 0 Å². The lowest BCUT2D eigenvalue weighted by atomic mass is 9.77. The van der Waals surface area contributed by atoms with Gasteiger partial charge in [-0.05, 0) is 31.0 Å². The fourth-order valence-corrected chi connectivity index (χ4v) is 4.49. The van der Waals surface area contributed by atoms with Gasteiger partial charge in [-0.1, -0.05) is 31.2 Å². The smallest absolute Gasteiger partial charge is 0.312 e. The molecule has 3 aliphatic heterocycles. The van der Waals surface area contributed by atoms with Gasteiger partial charge in [0.15, 0.2) is 0 Å². The van der Waals surface area contributed by atoms with Crippen LogP contribution in [0.25, 0.3) is 0 Å². The summed E-state index contributed by atoms with van der Waals surface area (Å²) in [5, 5.41) is 0. The van der Waals surface area contributed by atoms with Crippen LogP contribution >= 0.6 is 0 Å². The van der Waals surface area contributed by atoms with Gasteiger partial charge in [0.2, 0.25) is 5.91 Å². The molecular weight excluding hydrogens is 346 g/mol. The Balaban J connectivity index is 1.57. The molecule has 1 spiro atoms. The van der Waals surface area contributed by atoms with Gasteiger partial charge in [-0.15, -0.1) is 0 Å². The zero-order chi connectivity index (χ0) is 19.2. The number of hydrogen-bond acceptors (Lipinski definition) is 5. The predicted molar refractivity (Wildman–Crippen MR) is 98.1 cm³/mol. The molecule has 0 aliphatic carbocycles. The molecule has 1 amide bonds. The minimum absolute atomic E-state index is 0.0383. The average molecular weight is 371 g/mol. The SMILES string of the molecule is CCCOC(=O)[C@H]1[C@H]2C(=O)N([C@H](C)c3ccc(OC)cc3)C[C@]23C=C[C@H]1O3. The number of carbonyl (C=O) groups excluding carboxylic acids is 2. The van der Waals surface area contributed by atoms with E-state index in [9.17, 15) is 9.59 Å². The number of ether oxygens (including phenoxy) is 3. The first-order valence-electron chi connectivity index (χ1n) is 9.49. The number of likely N-dealkylation sites (tertiary alicyclic amines) is 1. The molecule has 3 heterocycles. The van der Waals surface area contributed by atoms with E-state index in [1.54, 1.807) is 7.11 Å². The number of nitrogens with zero attached hydrogens (tertiary/aromatic N) is 1. The summed E-state index contributed by atoms with van der Waals surface area (Å²) in [7, 11) is 1.63. The molecule has 1 aromatic rings. The van der Waals surface area contributed by atoms with Crippen molar-refractivity contribution in [2.24, 2.45) is 11.8 Å². The van der Waals surface area contributed by atoms with Gasteiger partial charge in [-0.3, -0.25) is 9.59 Å². The van der Waals surface area contributed by atoms with Crippen molar-refractivity contribution in [2.75, 3.05) is 20.3 Å². The summed E-state index contributed by atoms with van der Waals surface area (Å²) in [5.74, 6) is -0.647. The maximum Gasteiger partial charge on any atom is 0.312 e. The van der Waals surface area contributed by atoms with Crippen LogP contribution in [-0.4, -0.2) is 48.7 Å². The first-order valence-corrected chi connectivity index (χ1v) is 9.49. The van der Waals surface area contributed by atoms with Crippen molar-refractivity contribution in [2.45, 2.75) is 38.0 Å². The number of hydrogen-bond donors (Lipinski definition) is 0. The third-order valence-corrected chi connectivity index (χ3v) is 5.92. The molecule has 3 aliphatic rings. The molecule has 4 rings (SSSR count). The molecule has 6 nitrogen and oxygen atoms in total. The number of esters is 1. The zero-order valence-corrected chi connectivity index (χ0v) is 15.9. The van der Waals surface area contributed by atoms with Crippen LogP contribution < -0.4 is 4.74 Å². The first-order chi connectivity index (χ1) is 13.0. The maximum atomic E-state index is 13.3. The quantitative estimate of drug-likeness (QED) is 0.568. The Morgan fingerprint density at radius 1 is 1.37 bits per heavy atom.